The molecule has 0 aliphatic carbocycles. The van der Waals surface area contributed by atoms with Crippen LogP contribution in [0.3, 0.4) is 0 Å². The van der Waals surface area contributed by atoms with Crippen LogP contribution in [0.25, 0.3) is 10.7 Å². The molecule has 116 valence electrons. The van der Waals surface area contributed by atoms with Gasteiger partial charge in [-0.3, -0.25) is 14.8 Å². The van der Waals surface area contributed by atoms with Crippen molar-refractivity contribution < 1.29 is 4.79 Å². The standard InChI is InChI=1S/C17H16N4OS/c1-2-21(11-13-6-4-3-5-7-13)17(22)15-12-23-16(20-15)14-10-18-8-9-19-14/h3-10,12H,2,11H2,1H3. The van der Waals surface area contributed by atoms with Crippen molar-refractivity contribution in [3.05, 3.63) is 65.6 Å². The topological polar surface area (TPSA) is 59.0 Å². The smallest absolute Gasteiger partial charge is 0.273 e. The van der Waals surface area contributed by atoms with Crippen LogP contribution in [0.4, 0.5) is 0 Å². The Bertz CT molecular complexity index is 774. The third kappa shape index (κ3) is 3.60. The van der Waals surface area contributed by atoms with E-state index in [1.165, 1.54) is 11.3 Å². The lowest BCUT2D eigenvalue weighted by atomic mass is 10.2. The minimum atomic E-state index is -0.0669. The van der Waals surface area contributed by atoms with E-state index in [1.54, 1.807) is 28.9 Å². The fourth-order valence-electron chi connectivity index (χ4n) is 2.19. The number of hydrogen-bond donors (Lipinski definition) is 0. The molecule has 0 N–H and O–H groups in total. The number of thiazole rings is 1. The Morgan fingerprint density at radius 3 is 2.74 bits per heavy atom. The minimum Gasteiger partial charge on any atom is -0.333 e. The predicted octanol–water partition coefficient (Wildman–Crippen LogP) is 3.26. The monoisotopic (exact) mass is 324 g/mol. The lowest BCUT2D eigenvalue weighted by Crippen LogP contribution is -2.30. The zero-order valence-electron chi connectivity index (χ0n) is 12.7. The van der Waals surface area contributed by atoms with E-state index in [2.05, 4.69) is 15.0 Å². The predicted molar refractivity (Wildman–Crippen MR) is 90.0 cm³/mol. The van der Waals surface area contributed by atoms with Crippen molar-refractivity contribution >= 4 is 17.2 Å². The van der Waals surface area contributed by atoms with Crippen LogP contribution >= 0.6 is 11.3 Å². The number of carbonyl (C=O) groups is 1. The van der Waals surface area contributed by atoms with Gasteiger partial charge in [0.15, 0.2) is 0 Å². The number of aromatic nitrogens is 3. The summed E-state index contributed by atoms with van der Waals surface area (Å²) in [6.45, 7) is 3.18. The molecule has 1 amide bonds. The van der Waals surface area contributed by atoms with Crippen molar-refractivity contribution in [1.29, 1.82) is 0 Å². The Labute approximate surface area is 138 Å². The highest BCUT2D eigenvalue weighted by Crippen LogP contribution is 2.22. The lowest BCUT2D eigenvalue weighted by Gasteiger charge is -2.19. The largest absolute Gasteiger partial charge is 0.333 e. The summed E-state index contributed by atoms with van der Waals surface area (Å²) in [5.41, 5.74) is 2.24. The van der Waals surface area contributed by atoms with Crippen LogP contribution in [0.1, 0.15) is 23.0 Å². The summed E-state index contributed by atoms with van der Waals surface area (Å²) in [5, 5.41) is 2.48. The molecular formula is C17H16N4OS. The van der Waals surface area contributed by atoms with Crippen molar-refractivity contribution in [2.45, 2.75) is 13.5 Å². The van der Waals surface area contributed by atoms with E-state index in [1.807, 2.05) is 37.3 Å². The fraction of sp³-hybridized carbons (Fsp3) is 0.176. The summed E-state index contributed by atoms with van der Waals surface area (Å²) < 4.78 is 0. The molecule has 0 saturated carbocycles. The molecule has 0 aliphatic heterocycles. The molecule has 6 heteroatoms. The average Bonchev–Trinajstić information content (AvgIpc) is 3.11. The second-order valence-electron chi connectivity index (χ2n) is 4.93. The normalized spacial score (nSPS) is 10.5. The number of rotatable bonds is 5. The van der Waals surface area contributed by atoms with Gasteiger partial charge in [-0.05, 0) is 12.5 Å². The average molecular weight is 324 g/mol. The van der Waals surface area contributed by atoms with E-state index in [0.717, 1.165) is 5.56 Å². The molecule has 2 aromatic heterocycles. The number of nitrogens with zero attached hydrogens (tertiary/aromatic N) is 4. The van der Waals surface area contributed by atoms with Gasteiger partial charge in [0.1, 0.15) is 16.4 Å². The fourth-order valence-corrected chi connectivity index (χ4v) is 2.95. The van der Waals surface area contributed by atoms with Crippen LogP contribution < -0.4 is 0 Å². The van der Waals surface area contributed by atoms with Gasteiger partial charge in [-0.2, -0.15) is 0 Å². The molecule has 0 saturated heterocycles. The molecule has 0 atom stereocenters. The summed E-state index contributed by atoms with van der Waals surface area (Å²) in [6.07, 6.45) is 4.88. The zero-order chi connectivity index (χ0) is 16.1. The van der Waals surface area contributed by atoms with E-state index < -0.39 is 0 Å². The first-order chi connectivity index (χ1) is 11.3. The van der Waals surface area contributed by atoms with Crippen molar-refractivity contribution in [1.82, 2.24) is 19.9 Å². The number of hydrogen-bond acceptors (Lipinski definition) is 5. The first kappa shape index (κ1) is 15.3. The summed E-state index contributed by atoms with van der Waals surface area (Å²) in [7, 11) is 0. The SMILES string of the molecule is CCN(Cc1ccccc1)C(=O)c1csc(-c2cnccn2)n1. The Kier molecular flexibility index (Phi) is 4.73. The maximum Gasteiger partial charge on any atom is 0.273 e. The molecule has 0 unspecified atom stereocenters. The Hall–Kier alpha value is -2.60. The van der Waals surface area contributed by atoms with E-state index in [0.29, 0.717) is 29.5 Å². The molecule has 0 bridgehead atoms. The Morgan fingerprint density at radius 2 is 2.04 bits per heavy atom. The number of benzene rings is 1. The first-order valence-electron chi connectivity index (χ1n) is 7.33. The highest BCUT2D eigenvalue weighted by molar-refractivity contribution is 7.13. The van der Waals surface area contributed by atoms with E-state index in [4.69, 9.17) is 0 Å². The third-order valence-electron chi connectivity index (χ3n) is 3.39. The van der Waals surface area contributed by atoms with Gasteiger partial charge in [0.25, 0.3) is 5.91 Å². The lowest BCUT2D eigenvalue weighted by molar-refractivity contribution is 0.0747. The molecule has 5 nitrogen and oxygen atoms in total. The van der Waals surface area contributed by atoms with Gasteiger partial charge in [-0.1, -0.05) is 30.3 Å². The molecule has 0 spiro atoms. The van der Waals surface area contributed by atoms with Gasteiger partial charge in [-0.15, -0.1) is 11.3 Å². The molecule has 3 rings (SSSR count). The molecule has 1 aromatic carbocycles. The molecule has 23 heavy (non-hydrogen) atoms. The van der Waals surface area contributed by atoms with Gasteiger partial charge >= 0.3 is 0 Å². The van der Waals surface area contributed by atoms with Crippen molar-refractivity contribution in [2.24, 2.45) is 0 Å². The number of amides is 1. The molecule has 2 heterocycles. The maximum absolute atomic E-state index is 12.7. The van der Waals surface area contributed by atoms with Crippen LogP contribution in [-0.2, 0) is 6.54 Å². The van der Waals surface area contributed by atoms with Gasteiger partial charge in [0, 0.05) is 30.9 Å². The van der Waals surface area contributed by atoms with E-state index in [-0.39, 0.29) is 5.91 Å². The van der Waals surface area contributed by atoms with Crippen LogP contribution in [0.2, 0.25) is 0 Å². The quantitative estimate of drug-likeness (QED) is 0.723. The second-order valence-corrected chi connectivity index (χ2v) is 5.79. The molecule has 3 aromatic rings. The maximum atomic E-state index is 12.7. The van der Waals surface area contributed by atoms with Crippen molar-refractivity contribution in [3.63, 3.8) is 0 Å². The van der Waals surface area contributed by atoms with E-state index in [9.17, 15) is 4.79 Å². The second kappa shape index (κ2) is 7.11. The summed E-state index contributed by atoms with van der Waals surface area (Å²) in [5.74, 6) is -0.0669. The van der Waals surface area contributed by atoms with Crippen LogP contribution in [0, 0.1) is 0 Å². The van der Waals surface area contributed by atoms with Crippen LogP contribution in [-0.4, -0.2) is 32.3 Å². The zero-order valence-corrected chi connectivity index (χ0v) is 13.5. The van der Waals surface area contributed by atoms with Crippen molar-refractivity contribution in [2.75, 3.05) is 6.54 Å². The molecule has 0 aliphatic rings. The summed E-state index contributed by atoms with van der Waals surface area (Å²) in [4.78, 5) is 27.1. The Morgan fingerprint density at radius 1 is 1.22 bits per heavy atom. The van der Waals surface area contributed by atoms with E-state index >= 15 is 0 Å². The van der Waals surface area contributed by atoms with Gasteiger partial charge in [0.2, 0.25) is 0 Å². The Balaban J connectivity index is 1.78. The number of carbonyl (C=O) groups excluding carboxylic acids is 1. The molecular weight excluding hydrogens is 308 g/mol. The van der Waals surface area contributed by atoms with Crippen LogP contribution in [0.5, 0.6) is 0 Å². The summed E-state index contributed by atoms with van der Waals surface area (Å²) >= 11 is 1.40. The van der Waals surface area contributed by atoms with Gasteiger partial charge < -0.3 is 4.90 Å². The highest BCUT2D eigenvalue weighted by Gasteiger charge is 2.18. The van der Waals surface area contributed by atoms with Gasteiger partial charge in [-0.25, -0.2) is 4.98 Å². The molecule has 0 fully saturated rings. The third-order valence-corrected chi connectivity index (χ3v) is 4.26. The summed E-state index contributed by atoms with van der Waals surface area (Å²) in [6, 6.07) is 9.95. The van der Waals surface area contributed by atoms with Crippen LogP contribution in [0.15, 0.2) is 54.3 Å². The first-order valence-corrected chi connectivity index (χ1v) is 8.21. The van der Waals surface area contributed by atoms with Crippen molar-refractivity contribution in [3.8, 4) is 10.7 Å². The minimum absolute atomic E-state index is 0.0669. The highest BCUT2D eigenvalue weighted by atomic mass is 32.1. The van der Waals surface area contributed by atoms with Gasteiger partial charge in [0.05, 0.1) is 6.20 Å². The molecule has 0 radical (unpaired) electrons.